The summed E-state index contributed by atoms with van der Waals surface area (Å²) in [5, 5.41) is 3.12. The van der Waals surface area contributed by atoms with Gasteiger partial charge in [-0.25, -0.2) is 0 Å². The fourth-order valence-corrected chi connectivity index (χ4v) is 4.54. The molecule has 0 bridgehead atoms. The molecule has 0 radical (unpaired) electrons. The molecule has 1 fully saturated rings. The van der Waals surface area contributed by atoms with E-state index in [4.69, 9.17) is 4.74 Å². The molecule has 4 heteroatoms. The van der Waals surface area contributed by atoms with Gasteiger partial charge in [0.05, 0.1) is 17.0 Å². The maximum atomic E-state index is 12.4. The van der Waals surface area contributed by atoms with Crippen molar-refractivity contribution in [2.75, 3.05) is 6.61 Å². The molecule has 2 heterocycles. The summed E-state index contributed by atoms with van der Waals surface area (Å²) in [5.74, 6) is 0.874. The smallest absolute Gasteiger partial charge is 0.261 e. The Labute approximate surface area is 131 Å². The van der Waals surface area contributed by atoms with Gasteiger partial charge in [0.2, 0.25) is 0 Å². The highest BCUT2D eigenvalue weighted by Gasteiger charge is 2.26. The molecular formula is C17H25NO2S. The number of hydrogen-bond acceptors (Lipinski definition) is 3. The summed E-state index contributed by atoms with van der Waals surface area (Å²) in [6.07, 6.45) is 7.17. The third kappa shape index (κ3) is 3.32. The van der Waals surface area contributed by atoms with E-state index in [1.165, 1.54) is 23.3 Å². The highest BCUT2D eigenvalue weighted by Crippen LogP contribution is 2.33. The minimum Gasteiger partial charge on any atom is -0.376 e. The number of nitrogens with one attached hydrogen (secondary N) is 1. The Morgan fingerprint density at radius 1 is 1.52 bits per heavy atom. The van der Waals surface area contributed by atoms with Gasteiger partial charge in [0.1, 0.15) is 0 Å². The van der Waals surface area contributed by atoms with Crippen molar-refractivity contribution in [1.29, 1.82) is 0 Å². The van der Waals surface area contributed by atoms with Crippen molar-refractivity contribution in [3.05, 3.63) is 21.4 Å². The molecule has 1 aliphatic heterocycles. The summed E-state index contributed by atoms with van der Waals surface area (Å²) >= 11 is 1.69. The molecule has 1 N–H and O–H groups in total. The molecule has 3 rings (SSSR count). The van der Waals surface area contributed by atoms with Crippen LogP contribution in [-0.2, 0) is 17.6 Å². The number of rotatable bonds is 4. The maximum absolute atomic E-state index is 12.4. The molecule has 1 saturated heterocycles. The van der Waals surface area contributed by atoms with E-state index in [9.17, 15) is 4.79 Å². The molecule has 0 spiro atoms. The van der Waals surface area contributed by atoms with E-state index < -0.39 is 0 Å². The van der Waals surface area contributed by atoms with Gasteiger partial charge in [0.25, 0.3) is 5.91 Å². The molecule has 0 unspecified atom stereocenters. The summed E-state index contributed by atoms with van der Waals surface area (Å²) < 4.78 is 5.65. The first-order chi connectivity index (χ1) is 10.2. The van der Waals surface area contributed by atoms with Crippen LogP contribution in [0.5, 0.6) is 0 Å². The second kappa shape index (κ2) is 6.49. The van der Waals surface area contributed by atoms with Gasteiger partial charge in [-0.3, -0.25) is 4.79 Å². The summed E-state index contributed by atoms with van der Waals surface area (Å²) in [6, 6.07) is 2.22. The van der Waals surface area contributed by atoms with Gasteiger partial charge in [-0.2, -0.15) is 0 Å². The minimum absolute atomic E-state index is 0.0745. The number of ether oxygens (including phenoxy) is 1. The Balaban J connectivity index is 1.64. The topological polar surface area (TPSA) is 38.3 Å². The Hall–Kier alpha value is -0.870. The lowest BCUT2D eigenvalue weighted by molar-refractivity contribution is 0.0714. The Kier molecular flexibility index (Phi) is 4.65. The van der Waals surface area contributed by atoms with Gasteiger partial charge < -0.3 is 10.1 Å². The first-order valence-corrected chi connectivity index (χ1v) is 9.03. The van der Waals surface area contributed by atoms with Crippen molar-refractivity contribution in [2.45, 2.75) is 64.5 Å². The van der Waals surface area contributed by atoms with Crippen molar-refractivity contribution in [3.63, 3.8) is 0 Å². The highest BCUT2D eigenvalue weighted by molar-refractivity contribution is 7.14. The zero-order valence-corrected chi connectivity index (χ0v) is 13.8. The summed E-state index contributed by atoms with van der Waals surface area (Å²) in [4.78, 5) is 14.7. The van der Waals surface area contributed by atoms with Crippen LogP contribution < -0.4 is 5.32 Å². The third-order valence-corrected chi connectivity index (χ3v) is 6.10. The summed E-state index contributed by atoms with van der Waals surface area (Å²) in [6.45, 7) is 5.14. The van der Waals surface area contributed by atoms with Crippen LogP contribution in [0.3, 0.4) is 0 Å². The molecule has 0 aromatic carbocycles. The molecule has 116 valence electrons. The highest BCUT2D eigenvalue weighted by atomic mass is 32.1. The predicted octanol–water partition coefficient (Wildman–Crippen LogP) is 3.56. The van der Waals surface area contributed by atoms with Crippen LogP contribution in [0.25, 0.3) is 0 Å². The van der Waals surface area contributed by atoms with E-state index >= 15 is 0 Å². The molecule has 21 heavy (non-hydrogen) atoms. The van der Waals surface area contributed by atoms with Gasteiger partial charge in [-0.15, -0.1) is 11.3 Å². The van der Waals surface area contributed by atoms with Crippen LogP contribution in [0, 0.1) is 5.92 Å². The van der Waals surface area contributed by atoms with E-state index in [0.717, 1.165) is 43.1 Å². The van der Waals surface area contributed by atoms with E-state index in [1.807, 2.05) is 0 Å². The van der Waals surface area contributed by atoms with Crippen LogP contribution in [0.4, 0.5) is 0 Å². The van der Waals surface area contributed by atoms with E-state index in [-0.39, 0.29) is 18.1 Å². The number of carbonyl (C=O) groups excluding carboxylic acids is 1. The van der Waals surface area contributed by atoms with Crippen LogP contribution in [0.15, 0.2) is 6.07 Å². The molecule has 3 atom stereocenters. The Bertz CT molecular complexity index is 505. The van der Waals surface area contributed by atoms with Crippen molar-refractivity contribution >= 4 is 17.2 Å². The van der Waals surface area contributed by atoms with Crippen molar-refractivity contribution in [3.8, 4) is 0 Å². The molecular weight excluding hydrogens is 282 g/mol. The summed E-state index contributed by atoms with van der Waals surface area (Å²) in [5.41, 5.74) is 1.41. The SMILES string of the molecule is CC[C@@H]1CCc2sc(C(=O)N[C@H](C)[C@@H]3CCCO3)cc2C1. The number of amides is 1. The zero-order chi connectivity index (χ0) is 14.8. The minimum atomic E-state index is 0.0745. The Morgan fingerprint density at radius 2 is 2.38 bits per heavy atom. The van der Waals surface area contributed by atoms with Crippen LogP contribution in [0.2, 0.25) is 0 Å². The molecule has 0 saturated carbocycles. The van der Waals surface area contributed by atoms with Gasteiger partial charge >= 0.3 is 0 Å². The third-order valence-electron chi connectivity index (χ3n) is 4.87. The quantitative estimate of drug-likeness (QED) is 0.923. The van der Waals surface area contributed by atoms with Crippen molar-refractivity contribution in [1.82, 2.24) is 5.32 Å². The number of thiophene rings is 1. The second-order valence-corrected chi connectivity index (χ2v) is 7.53. The predicted molar refractivity (Wildman–Crippen MR) is 86.0 cm³/mol. The Morgan fingerprint density at radius 3 is 3.10 bits per heavy atom. The molecule has 1 aromatic rings. The fourth-order valence-electron chi connectivity index (χ4n) is 3.43. The molecule has 2 aliphatic rings. The molecule has 1 aliphatic carbocycles. The largest absolute Gasteiger partial charge is 0.376 e. The van der Waals surface area contributed by atoms with Gasteiger partial charge in [-0.1, -0.05) is 13.3 Å². The normalized spacial score (nSPS) is 26.4. The lowest BCUT2D eigenvalue weighted by atomic mass is 9.87. The average Bonchev–Trinajstić information content (AvgIpc) is 3.15. The van der Waals surface area contributed by atoms with Crippen molar-refractivity contribution < 1.29 is 9.53 Å². The van der Waals surface area contributed by atoms with Crippen LogP contribution in [0.1, 0.15) is 59.6 Å². The molecule has 3 nitrogen and oxygen atoms in total. The van der Waals surface area contributed by atoms with E-state index in [2.05, 4.69) is 25.2 Å². The molecule has 1 aromatic heterocycles. The van der Waals surface area contributed by atoms with Crippen LogP contribution in [-0.4, -0.2) is 24.7 Å². The van der Waals surface area contributed by atoms with Gasteiger partial charge in [0, 0.05) is 11.5 Å². The van der Waals surface area contributed by atoms with Gasteiger partial charge in [0.15, 0.2) is 0 Å². The maximum Gasteiger partial charge on any atom is 0.261 e. The van der Waals surface area contributed by atoms with Crippen molar-refractivity contribution in [2.24, 2.45) is 5.92 Å². The first-order valence-electron chi connectivity index (χ1n) is 8.21. The van der Waals surface area contributed by atoms with E-state index in [0.29, 0.717) is 0 Å². The molecule has 1 amide bonds. The number of fused-ring (bicyclic) bond motifs is 1. The fraction of sp³-hybridized carbons (Fsp3) is 0.706. The number of aryl methyl sites for hydroxylation is 1. The van der Waals surface area contributed by atoms with E-state index in [1.54, 1.807) is 11.3 Å². The monoisotopic (exact) mass is 307 g/mol. The van der Waals surface area contributed by atoms with Crippen LogP contribution >= 0.6 is 11.3 Å². The lowest BCUT2D eigenvalue weighted by Crippen LogP contribution is -2.40. The zero-order valence-electron chi connectivity index (χ0n) is 13.0. The standard InChI is InChI=1S/C17H25NO2S/c1-3-12-6-7-15-13(9-12)10-16(21-15)17(19)18-11(2)14-5-4-8-20-14/h10-12,14H,3-9H2,1-2H3,(H,18,19)/t11-,12-,14+/m1/s1. The van der Waals surface area contributed by atoms with Gasteiger partial charge in [-0.05, 0) is 56.6 Å². The first kappa shape index (κ1) is 15.0. The second-order valence-electron chi connectivity index (χ2n) is 6.39. The number of hydrogen-bond donors (Lipinski definition) is 1. The average molecular weight is 307 g/mol. The number of carbonyl (C=O) groups is 1. The summed E-state index contributed by atoms with van der Waals surface area (Å²) in [7, 11) is 0. The lowest BCUT2D eigenvalue weighted by Gasteiger charge is -2.19.